The van der Waals surface area contributed by atoms with Crippen molar-refractivity contribution in [2.45, 2.75) is 39.0 Å². The van der Waals surface area contributed by atoms with E-state index >= 15 is 0 Å². The van der Waals surface area contributed by atoms with Crippen LogP contribution in [0.1, 0.15) is 35.1 Å². The Labute approximate surface area is 89.9 Å². The first-order valence-electron chi connectivity index (χ1n) is 5.29. The first-order valence-corrected chi connectivity index (χ1v) is 5.29. The van der Waals surface area contributed by atoms with Gasteiger partial charge in [0.25, 0.3) is 0 Å². The summed E-state index contributed by atoms with van der Waals surface area (Å²) in [5, 5.41) is 9.21. The number of rotatable bonds is 2. The largest absolute Gasteiger partial charge is 0.481 e. The lowest BCUT2D eigenvalue weighted by Crippen LogP contribution is -2.19. The van der Waals surface area contributed by atoms with Crippen LogP contribution in [0.3, 0.4) is 0 Å². The zero-order valence-electron chi connectivity index (χ0n) is 9.42. The van der Waals surface area contributed by atoms with Gasteiger partial charge in [0.05, 0.1) is 5.41 Å². The molecule has 0 unspecified atom stereocenters. The quantitative estimate of drug-likeness (QED) is 0.804. The Morgan fingerprint density at radius 1 is 1.20 bits per heavy atom. The molecule has 1 aliphatic carbocycles. The summed E-state index contributed by atoms with van der Waals surface area (Å²) in [7, 11) is 0. The van der Waals surface area contributed by atoms with E-state index in [2.05, 4.69) is 6.92 Å². The second-order valence-electron chi connectivity index (χ2n) is 4.62. The van der Waals surface area contributed by atoms with Gasteiger partial charge in [0.15, 0.2) is 0 Å². The van der Waals surface area contributed by atoms with Crippen LogP contribution in [0.5, 0.6) is 0 Å². The van der Waals surface area contributed by atoms with Crippen molar-refractivity contribution in [3.05, 3.63) is 34.4 Å². The second kappa shape index (κ2) is 3.09. The summed E-state index contributed by atoms with van der Waals surface area (Å²) in [5.41, 5.74) is 4.06. The number of hydrogen-bond acceptors (Lipinski definition) is 1. The SMILES string of the molecule is Cc1cc(C2(C(=O)O)CC2)cc(C)c1C. The van der Waals surface area contributed by atoms with Crippen molar-refractivity contribution in [3.63, 3.8) is 0 Å². The van der Waals surface area contributed by atoms with Crippen LogP contribution in [-0.4, -0.2) is 11.1 Å². The van der Waals surface area contributed by atoms with Crippen LogP contribution in [0, 0.1) is 20.8 Å². The Morgan fingerprint density at radius 3 is 2.00 bits per heavy atom. The van der Waals surface area contributed by atoms with Crippen molar-refractivity contribution >= 4 is 5.97 Å². The van der Waals surface area contributed by atoms with Crippen molar-refractivity contribution in [2.24, 2.45) is 0 Å². The smallest absolute Gasteiger partial charge is 0.314 e. The number of hydrogen-bond donors (Lipinski definition) is 1. The molecule has 0 bridgehead atoms. The molecule has 0 aromatic heterocycles. The van der Waals surface area contributed by atoms with E-state index in [0.717, 1.165) is 18.4 Å². The van der Waals surface area contributed by atoms with Gasteiger partial charge in [-0.2, -0.15) is 0 Å². The van der Waals surface area contributed by atoms with E-state index < -0.39 is 11.4 Å². The Kier molecular flexibility index (Phi) is 2.10. The molecule has 1 aliphatic rings. The molecule has 1 saturated carbocycles. The Balaban J connectivity index is 2.51. The Hall–Kier alpha value is -1.31. The van der Waals surface area contributed by atoms with Crippen molar-refractivity contribution in [1.29, 1.82) is 0 Å². The van der Waals surface area contributed by atoms with Gasteiger partial charge in [-0.1, -0.05) is 12.1 Å². The maximum absolute atomic E-state index is 11.2. The van der Waals surface area contributed by atoms with E-state index in [9.17, 15) is 9.90 Å². The van der Waals surface area contributed by atoms with Gasteiger partial charge in [0, 0.05) is 0 Å². The van der Waals surface area contributed by atoms with Gasteiger partial charge in [-0.25, -0.2) is 0 Å². The molecule has 0 radical (unpaired) electrons. The fraction of sp³-hybridized carbons (Fsp3) is 0.462. The summed E-state index contributed by atoms with van der Waals surface area (Å²) in [4.78, 5) is 11.2. The third kappa shape index (κ3) is 1.44. The summed E-state index contributed by atoms with van der Waals surface area (Å²) in [6.07, 6.45) is 1.56. The van der Waals surface area contributed by atoms with Crippen LogP contribution >= 0.6 is 0 Å². The third-order valence-corrected chi connectivity index (χ3v) is 3.64. The first-order chi connectivity index (χ1) is 6.97. The van der Waals surface area contributed by atoms with Gasteiger partial charge >= 0.3 is 5.97 Å². The summed E-state index contributed by atoms with van der Waals surface area (Å²) >= 11 is 0. The normalized spacial score (nSPS) is 17.5. The van der Waals surface area contributed by atoms with Gasteiger partial charge in [-0.3, -0.25) is 4.79 Å². The van der Waals surface area contributed by atoms with Gasteiger partial charge in [0.1, 0.15) is 0 Å². The molecule has 0 saturated heterocycles. The van der Waals surface area contributed by atoms with Crippen molar-refractivity contribution in [1.82, 2.24) is 0 Å². The summed E-state index contributed by atoms with van der Waals surface area (Å²) in [6, 6.07) is 4.06. The average Bonchev–Trinajstić information content (AvgIpc) is 2.93. The summed E-state index contributed by atoms with van der Waals surface area (Å²) < 4.78 is 0. The lowest BCUT2D eigenvalue weighted by Gasteiger charge is -2.14. The first kappa shape index (κ1) is 10.2. The van der Waals surface area contributed by atoms with Crippen molar-refractivity contribution < 1.29 is 9.90 Å². The minimum absolute atomic E-state index is 0.566. The van der Waals surface area contributed by atoms with Crippen LogP contribution in [-0.2, 0) is 10.2 Å². The highest BCUT2D eigenvalue weighted by Gasteiger charge is 2.51. The van der Waals surface area contributed by atoms with Gasteiger partial charge in [-0.15, -0.1) is 0 Å². The van der Waals surface area contributed by atoms with Crippen LogP contribution in [0.4, 0.5) is 0 Å². The number of carbonyl (C=O) groups is 1. The highest BCUT2D eigenvalue weighted by atomic mass is 16.4. The molecule has 0 atom stereocenters. The van der Waals surface area contributed by atoms with Gasteiger partial charge in [-0.05, 0) is 55.9 Å². The predicted octanol–water partition coefficient (Wildman–Crippen LogP) is 2.73. The fourth-order valence-electron chi connectivity index (χ4n) is 2.06. The molecule has 0 aliphatic heterocycles. The molecule has 1 aromatic rings. The van der Waals surface area contributed by atoms with Crippen LogP contribution < -0.4 is 0 Å². The molecule has 1 aromatic carbocycles. The number of aryl methyl sites for hydroxylation is 2. The van der Waals surface area contributed by atoms with Crippen LogP contribution in [0.25, 0.3) is 0 Å². The average molecular weight is 204 g/mol. The molecule has 0 amide bonds. The molecule has 80 valence electrons. The number of benzene rings is 1. The summed E-state index contributed by atoms with van der Waals surface area (Å²) in [5.74, 6) is -0.676. The second-order valence-corrected chi connectivity index (χ2v) is 4.62. The van der Waals surface area contributed by atoms with Gasteiger partial charge < -0.3 is 5.11 Å². The molecule has 0 spiro atoms. The van der Waals surface area contributed by atoms with E-state index in [0.29, 0.717) is 0 Å². The maximum Gasteiger partial charge on any atom is 0.314 e. The van der Waals surface area contributed by atoms with E-state index in [1.807, 2.05) is 26.0 Å². The molecular formula is C13H16O2. The molecule has 0 heterocycles. The van der Waals surface area contributed by atoms with E-state index in [-0.39, 0.29) is 0 Å². The summed E-state index contributed by atoms with van der Waals surface area (Å²) in [6.45, 7) is 6.17. The zero-order valence-corrected chi connectivity index (χ0v) is 9.42. The highest BCUT2D eigenvalue weighted by Crippen LogP contribution is 2.49. The lowest BCUT2D eigenvalue weighted by atomic mass is 9.90. The molecule has 1 fully saturated rings. The van der Waals surface area contributed by atoms with Crippen molar-refractivity contribution in [2.75, 3.05) is 0 Å². The van der Waals surface area contributed by atoms with Gasteiger partial charge in [0.2, 0.25) is 0 Å². The topological polar surface area (TPSA) is 37.3 Å². The monoisotopic (exact) mass is 204 g/mol. The standard InChI is InChI=1S/C13H16O2/c1-8-6-11(7-9(2)10(8)3)13(4-5-13)12(14)15/h6-7H,4-5H2,1-3H3,(H,14,15). The molecular weight excluding hydrogens is 188 g/mol. The van der Waals surface area contributed by atoms with Crippen LogP contribution in [0.15, 0.2) is 12.1 Å². The minimum atomic E-state index is -0.676. The van der Waals surface area contributed by atoms with Crippen LogP contribution in [0.2, 0.25) is 0 Å². The maximum atomic E-state index is 11.2. The van der Waals surface area contributed by atoms with E-state index in [1.54, 1.807) is 0 Å². The highest BCUT2D eigenvalue weighted by molar-refractivity contribution is 5.85. The molecule has 2 rings (SSSR count). The van der Waals surface area contributed by atoms with E-state index in [4.69, 9.17) is 0 Å². The zero-order chi connectivity index (χ0) is 11.2. The van der Waals surface area contributed by atoms with Crippen molar-refractivity contribution in [3.8, 4) is 0 Å². The third-order valence-electron chi connectivity index (χ3n) is 3.64. The minimum Gasteiger partial charge on any atom is -0.481 e. The molecule has 15 heavy (non-hydrogen) atoms. The Bertz CT molecular complexity index is 405. The molecule has 2 heteroatoms. The number of aliphatic carboxylic acids is 1. The number of carboxylic acid groups (broad SMARTS) is 1. The lowest BCUT2D eigenvalue weighted by molar-refractivity contribution is -0.140. The molecule has 2 nitrogen and oxygen atoms in total. The number of carboxylic acids is 1. The van der Waals surface area contributed by atoms with E-state index in [1.165, 1.54) is 16.7 Å². The predicted molar refractivity (Wildman–Crippen MR) is 59.2 cm³/mol. The fourth-order valence-corrected chi connectivity index (χ4v) is 2.06. The Morgan fingerprint density at radius 2 is 1.67 bits per heavy atom. The molecule has 1 N–H and O–H groups in total.